The standard InChI is InChI=1S/C16H17NO3S/c1-11-4-2-3-5-12(11)6-9-15(18)17-10-13-7-8-14(21-13)16(19)20/h2-5,7-8H,6,9-10H2,1H3,(H,17,18)(H,19,20). The van der Waals surface area contributed by atoms with Gasteiger partial charge in [-0.15, -0.1) is 11.3 Å². The van der Waals surface area contributed by atoms with Crippen molar-refractivity contribution in [3.8, 4) is 0 Å². The van der Waals surface area contributed by atoms with Crippen LogP contribution in [-0.4, -0.2) is 17.0 Å². The van der Waals surface area contributed by atoms with Crippen molar-refractivity contribution in [2.45, 2.75) is 26.3 Å². The fourth-order valence-electron chi connectivity index (χ4n) is 2.00. The summed E-state index contributed by atoms with van der Waals surface area (Å²) in [5, 5.41) is 11.7. The van der Waals surface area contributed by atoms with Crippen LogP contribution in [0.1, 0.15) is 32.1 Å². The molecule has 1 aromatic heterocycles. The normalized spacial score (nSPS) is 10.3. The second-order valence-corrected chi connectivity index (χ2v) is 5.94. The molecule has 5 heteroatoms. The Balaban J connectivity index is 1.79. The molecule has 0 aliphatic carbocycles. The molecular formula is C16H17NO3S. The van der Waals surface area contributed by atoms with Gasteiger partial charge in [0.15, 0.2) is 0 Å². The summed E-state index contributed by atoms with van der Waals surface area (Å²) in [5.74, 6) is -0.958. The molecule has 0 bridgehead atoms. The van der Waals surface area contributed by atoms with Crippen molar-refractivity contribution in [1.82, 2.24) is 5.32 Å². The van der Waals surface area contributed by atoms with E-state index in [1.165, 1.54) is 22.5 Å². The van der Waals surface area contributed by atoms with Crippen LogP contribution in [-0.2, 0) is 17.8 Å². The van der Waals surface area contributed by atoms with E-state index in [0.29, 0.717) is 24.3 Å². The van der Waals surface area contributed by atoms with Crippen LogP contribution in [0, 0.1) is 6.92 Å². The van der Waals surface area contributed by atoms with E-state index in [-0.39, 0.29) is 5.91 Å². The van der Waals surface area contributed by atoms with E-state index in [1.807, 2.05) is 31.2 Å². The zero-order valence-corrected chi connectivity index (χ0v) is 12.6. The molecule has 0 aliphatic heterocycles. The molecule has 0 radical (unpaired) electrons. The minimum Gasteiger partial charge on any atom is -0.477 e. The van der Waals surface area contributed by atoms with Gasteiger partial charge in [-0.25, -0.2) is 4.79 Å². The molecule has 1 amide bonds. The Kier molecular flexibility index (Phi) is 5.11. The third-order valence-electron chi connectivity index (χ3n) is 3.21. The Morgan fingerprint density at radius 3 is 2.62 bits per heavy atom. The van der Waals surface area contributed by atoms with Gasteiger partial charge in [-0.2, -0.15) is 0 Å². The van der Waals surface area contributed by atoms with Gasteiger partial charge in [0, 0.05) is 11.3 Å². The van der Waals surface area contributed by atoms with Gasteiger partial charge < -0.3 is 10.4 Å². The number of hydrogen-bond acceptors (Lipinski definition) is 3. The average molecular weight is 303 g/mol. The Hall–Kier alpha value is -2.14. The number of carboxylic acid groups (broad SMARTS) is 1. The van der Waals surface area contributed by atoms with Crippen molar-refractivity contribution in [2.24, 2.45) is 0 Å². The largest absolute Gasteiger partial charge is 0.477 e. The molecule has 2 aromatic rings. The Morgan fingerprint density at radius 1 is 1.19 bits per heavy atom. The molecule has 4 nitrogen and oxygen atoms in total. The van der Waals surface area contributed by atoms with Crippen LogP contribution in [0.5, 0.6) is 0 Å². The van der Waals surface area contributed by atoms with Gasteiger partial charge in [0.05, 0.1) is 6.54 Å². The fourth-order valence-corrected chi connectivity index (χ4v) is 2.79. The monoisotopic (exact) mass is 303 g/mol. The zero-order chi connectivity index (χ0) is 15.2. The Labute approximate surface area is 127 Å². The van der Waals surface area contributed by atoms with Crippen molar-refractivity contribution in [2.75, 3.05) is 0 Å². The van der Waals surface area contributed by atoms with Crippen molar-refractivity contribution < 1.29 is 14.7 Å². The predicted molar refractivity (Wildman–Crippen MR) is 82.6 cm³/mol. The molecule has 0 saturated carbocycles. The van der Waals surface area contributed by atoms with Crippen LogP contribution in [0.4, 0.5) is 0 Å². The highest BCUT2D eigenvalue weighted by molar-refractivity contribution is 7.13. The summed E-state index contributed by atoms with van der Waals surface area (Å²) in [6.07, 6.45) is 1.14. The zero-order valence-electron chi connectivity index (χ0n) is 11.8. The number of rotatable bonds is 6. The molecule has 21 heavy (non-hydrogen) atoms. The number of carbonyl (C=O) groups is 2. The third-order valence-corrected chi connectivity index (χ3v) is 4.29. The second-order valence-electron chi connectivity index (χ2n) is 4.77. The van der Waals surface area contributed by atoms with E-state index in [0.717, 1.165) is 4.88 Å². The van der Waals surface area contributed by atoms with Crippen LogP contribution in [0.15, 0.2) is 36.4 Å². The maximum atomic E-state index is 11.8. The number of carboxylic acids is 1. The number of hydrogen-bond donors (Lipinski definition) is 2. The lowest BCUT2D eigenvalue weighted by molar-refractivity contribution is -0.121. The lowest BCUT2D eigenvalue weighted by Crippen LogP contribution is -2.22. The van der Waals surface area contributed by atoms with E-state index in [2.05, 4.69) is 5.32 Å². The van der Waals surface area contributed by atoms with E-state index in [1.54, 1.807) is 12.1 Å². The number of aryl methyl sites for hydroxylation is 2. The van der Waals surface area contributed by atoms with Gasteiger partial charge in [-0.05, 0) is 36.6 Å². The highest BCUT2D eigenvalue weighted by Gasteiger charge is 2.08. The summed E-state index contributed by atoms with van der Waals surface area (Å²) < 4.78 is 0. The Bertz CT molecular complexity index is 648. The third kappa shape index (κ3) is 4.43. The first-order valence-electron chi connectivity index (χ1n) is 6.69. The first kappa shape index (κ1) is 15.3. The van der Waals surface area contributed by atoms with Gasteiger partial charge in [-0.3, -0.25) is 4.79 Å². The van der Waals surface area contributed by atoms with Crippen molar-refractivity contribution in [1.29, 1.82) is 0 Å². The number of thiophene rings is 1. The Morgan fingerprint density at radius 2 is 1.95 bits per heavy atom. The highest BCUT2D eigenvalue weighted by atomic mass is 32.1. The maximum Gasteiger partial charge on any atom is 0.345 e. The van der Waals surface area contributed by atoms with Gasteiger partial charge >= 0.3 is 5.97 Å². The van der Waals surface area contributed by atoms with Crippen molar-refractivity contribution in [3.63, 3.8) is 0 Å². The SMILES string of the molecule is Cc1ccccc1CCC(=O)NCc1ccc(C(=O)O)s1. The summed E-state index contributed by atoms with van der Waals surface area (Å²) in [6.45, 7) is 2.41. The first-order valence-corrected chi connectivity index (χ1v) is 7.51. The van der Waals surface area contributed by atoms with Gasteiger partial charge in [0.1, 0.15) is 4.88 Å². The molecule has 2 rings (SSSR count). The first-order chi connectivity index (χ1) is 10.1. The van der Waals surface area contributed by atoms with Crippen molar-refractivity contribution >= 4 is 23.2 Å². The van der Waals surface area contributed by atoms with Crippen molar-refractivity contribution in [3.05, 3.63) is 57.3 Å². The fraction of sp³-hybridized carbons (Fsp3) is 0.250. The molecule has 0 saturated heterocycles. The summed E-state index contributed by atoms with van der Waals surface area (Å²) in [5.41, 5.74) is 2.37. The lowest BCUT2D eigenvalue weighted by atomic mass is 10.0. The predicted octanol–water partition coefficient (Wildman–Crippen LogP) is 3.00. The lowest BCUT2D eigenvalue weighted by Gasteiger charge is -2.06. The van der Waals surface area contributed by atoms with E-state index in [9.17, 15) is 9.59 Å². The maximum absolute atomic E-state index is 11.8. The molecule has 2 N–H and O–H groups in total. The quantitative estimate of drug-likeness (QED) is 0.862. The number of aromatic carboxylic acids is 1. The molecule has 0 fully saturated rings. The summed E-state index contributed by atoms with van der Waals surface area (Å²) >= 11 is 1.19. The topological polar surface area (TPSA) is 66.4 Å². The molecule has 0 unspecified atom stereocenters. The van der Waals surface area contributed by atoms with Crippen LogP contribution >= 0.6 is 11.3 Å². The molecule has 1 heterocycles. The molecule has 1 aromatic carbocycles. The number of amides is 1. The second kappa shape index (κ2) is 7.04. The molecule has 110 valence electrons. The summed E-state index contributed by atoms with van der Waals surface area (Å²) in [4.78, 5) is 23.7. The molecule has 0 aliphatic rings. The van der Waals surface area contributed by atoms with Crippen LogP contribution in [0.25, 0.3) is 0 Å². The van der Waals surface area contributed by atoms with Gasteiger partial charge in [0.25, 0.3) is 0 Å². The van der Waals surface area contributed by atoms with E-state index in [4.69, 9.17) is 5.11 Å². The van der Waals surface area contributed by atoms with E-state index < -0.39 is 5.97 Å². The summed E-state index contributed by atoms with van der Waals surface area (Å²) in [7, 11) is 0. The van der Waals surface area contributed by atoms with Crippen LogP contribution < -0.4 is 5.32 Å². The van der Waals surface area contributed by atoms with E-state index >= 15 is 0 Å². The van der Waals surface area contributed by atoms with Gasteiger partial charge in [0.2, 0.25) is 5.91 Å². The summed E-state index contributed by atoms with van der Waals surface area (Å²) in [6, 6.07) is 11.3. The van der Waals surface area contributed by atoms with Crippen LogP contribution in [0.2, 0.25) is 0 Å². The minimum absolute atomic E-state index is 0.0245. The average Bonchev–Trinajstić information content (AvgIpc) is 2.93. The van der Waals surface area contributed by atoms with Gasteiger partial charge in [-0.1, -0.05) is 24.3 Å². The molecule has 0 atom stereocenters. The minimum atomic E-state index is -0.933. The smallest absolute Gasteiger partial charge is 0.345 e. The number of carbonyl (C=O) groups excluding carboxylic acids is 1. The molecule has 0 spiro atoms. The highest BCUT2D eigenvalue weighted by Crippen LogP contribution is 2.16. The number of nitrogens with one attached hydrogen (secondary N) is 1. The number of benzene rings is 1. The van der Waals surface area contributed by atoms with Crippen LogP contribution in [0.3, 0.4) is 0 Å². The molecular weight excluding hydrogens is 286 g/mol.